The van der Waals surface area contributed by atoms with Gasteiger partial charge in [-0.25, -0.2) is 0 Å². The molecule has 0 aliphatic carbocycles. The quantitative estimate of drug-likeness (QED) is 0.484. The van der Waals surface area contributed by atoms with Crippen molar-refractivity contribution in [1.82, 2.24) is 9.80 Å². The first-order chi connectivity index (χ1) is 15.4. The van der Waals surface area contributed by atoms with E-state index in [9.17, 15) is 4.79 Å². The van der Waals surface area contributed by atoms with Crippen LogP contribution in [0.15, 0.2) is 40.9 Å². The number of nitrogens with zero attached hydrogens (tertiary/aromatic N) is 2. The van der Waals surface area contributed by atoms with Gasteiger partial charge in [0.25, 0.3) is 5.91 Å². The molecule has 1 fully saturated rings. The van der Waals surface area contributed by atoms with Crippen LogP contribution >= 0.6 is 39.7 Å². The molecule has 9 heteroatoms. The molecular weight excluding hydrogens is 514 g/mol. The molecule has 1 aliphatic heterocycles. The van der Waals surface area contributed by atoms with Gasteiger partial charge >= 0.3 is 0 Å². The van der Waals surface area contributed by atoms with E-state index in [1.54, 1.807) is 24.3 Å². The Labute approximate surface area is 207 Å². The summed E-state index contributed by atoms with van der Waals surface area (Å²) in [7, 11) is 0. The number of ether oxygens (including phenoxy) is 2. The summed E-state index contributed by atoms with van der Waals surface area (Å²) in [5, 5.41) is 3.32. The van der Waals surface area contributed by atoms with Crippen molar-refractivity contribution in [3.63, 3.8) is 0 Å². The molecule has 1 saturated heterocycles. The molecule has 0 spiro atoms. The molecule has 2 aromatic carbocycles. The molecule has 0 bridgehead atoms. The molecule has 1 N–H and O–H groups in total. The molecule has 3 rings (SSSR count). The highest BCUT2D eigenvalue weighted by molar-refractivity contribution is 9.10. The average Bonchev–Trinajstić information content (AvgIpc) is 2.78. The third-order valence-corrected chi connectivity index (χ3v) is 6.44. The van der Waals surface area contributed by atoms with Crippen molar-refractivity contribution in [1.29, 1.82) is 0 Å². The Bertz CT molecular complexity index is 967. The van der Waals surface area contributed by atoms with Crippen molar-refractivity contribution < 1.29 is 14.3 Å². The largest absolute Gasteiger partial charge is 0.490 e. The highest BCUT2D eigenvalue weighted by Gasteiger charge is 2.21. The summed E-state index contributed by atoms with van der Waals surface area (Å²) in [6.45, 7) is 9.21. The van der Waals surface area contributed by atoms with Gasteiger partial charge in [-0.2, -0.15) is 0 Å². The number of rotatable bonds is 8. The second-order valence-electron chi connectivity index (χ2n) is 7.29. The van der Waals surface area contributed by atoms with Crippen LogP contribution in [0.4, 0.5) is 5.69 Å². The van der Waals surface area contributed by atoms with Crippen LogP contribution in [0.5, 0.6) is 11.5 Å². The molecule has 0 unspecified atom stereocenters. The smallest absolute Gasteiger partial charge is 0.262 e. The molecule has 32 heavy (non-hydrogen) atoms. The zero-order valence-electron chi connectivity index (χ0n) is 18.2. The fourth-order valence-corrected chi connectivity index (χ4v) is 4.49. The van der Waals surface area contributed by atoms with Gasteiger partial charge in [0.1, 0.15) is 4.99 Å². The van der Waals surface area contributed by atoms with E-state index in [0.29, 0.717) is 33.3 Å². The summed E-state index contributed by atoms with van der Waals surface area (Å²) in [6, 6.07) is 10.8. The minimum atomic E-state index is -0.296. The number of thiocarbonyl (C=S) groups is 1. The Morgan fingerprint density at radius 2 is 1.91 bits per heavy atom. The number of nitrogens with one attached hydrogen (secondary N) is 1. The Hall–Kier alpha value is -1.87. The van der Waals surface area contributed by atoms with Crippen molar-refractivity contribution in [3.05, 3.63) is 51.5 Å². The monoisotopic (exact) mass is 539 g/mol. The van der Waals surface area contributed by atoms with Crippen LogP contribution in [0, 0.1) is 0 Å². The van der Waals surface area contributed by atoms with Gasteiger partial charge < -0.3 is 24.6 Å². The zero-order valence-corrected chi connectivity index (χ0v) is 21.4. The lowest BCUT2D eigenvalue weighted by Crippen LogP contribution is -2.48. The lowest BCUT2D eigenvalue weighted by molar-refractivity contribution is -0.118. The molecule has 0 radical (unpaired) electrons. The van der Waals surface area contributed by atoms with Crippen molar-refractivity contribution in [3.8, 4) is 11.5 Å². The number of hydrogen-bond acceptors (Lipinski definition) is 5. The standard InChI is InChI=1S/C23H27BrClN3O3S/c1-3-27-8-10-28(11-9-27)23(32)16-12-19(24)22(20(13-16)30-4-2)31-15-21(29)26-18-7-5-6-17(25)14-18/h5-7,12-14H,3-4,8-11,15H2,1-2H3,(H,26,29). The lowest BCUT2D eigenvalue weighted by Gasteiger charge is -2.35. The highest BCUT2D eigenvalue weighted by atomic mass is 79.9. The number of piperazine rings is 1. The van der Waals surface area contributed by atoms with Gasteiger partial charge in [-0.3, -0.25) is 4.79 Å². The predicted octanol–water partition coefficient (Wildman–Crippen LogP) is 4.83. The van der Waals surface area contributed by atoms with E-state index in [2.05, 4.69) is 38.0 Å². The third-order valence-electron chi connectivity index (χ3n) is 5.12. The van der Waals surface area contributed by atoms with Gasteiger partial charge in [0.2, 0.25) is 0 Å². The number of likely N-dealkylation sites (N-methyl/N-ethyl adjacent to an activating group) is 1. The summed E-state index contributed by atoms with van der Waals surface area (Å²) >= 11 is 15.3. The van der Waals surface area contributed by atoms with E-state index < -0.39 is 0 Å². The summed E-state index contributed by atoms with van der Waals surface area (Å²) in [4.78, 5) is 17.8. The van der Waals surface area contributed by atoms with E-state index >= 15 is 0 Å². The number of carbonyl (C=O) groups is 1. The van der Waals surface area contributed by atoms with Gasteiger partial charge in [0.05, 0.1) is 11.1 Å². The molecule has 1 heterocycles. The van der Waals surface area contributed by atoms with Crippen LogP contribution in [-0.4, -0.2) is 66.6 Å². The van der Waals surface area contributed by atoms with Gasteiger partial charge in [0.15, 0.2) is 18.1 Å². The third kappa shape index (κ3) is 6.57. The summed E-state index contributed by atoms with van der Waals surface area (Å²) < 4.78 is 12.3. The molecule has 0 aromatic heterocycles. The number of halogens is 2. The topological polar surface area (TPSA) is 54.0 Å². The van der Waals surface area contributed by atoms with E-state index in [1.807, 2.05) is 19.1 Å². The Balaban J connectivity index is 1.69. The van der Waals surface area contributed by atoms with Crippen molar-refractivity contribution in [2.45, 2.75) is 13.8 Å². The van der Waals surface area contributed by atoms with E-state index in [-0.39, 0.29) is 12.5 Å². The fraction of sp³-hybridized carbons (Fsp3) is 0.391. The van der Waals surface area contributed by atoms with Crippen LogP contribution in [0.1, 0.15) is 19.4 Å². The number of hydrogen-bond donors (Lipinski definition) is 1. The van der Waals surface area contributed by atoms with Crippen LogP contribution < -0.4 is 14.8 Å². The molecule has 0 saturated carbocycles. The first-order valence-corrected chi connectivity index (χ1v) is 12.1. The molecular formula is C23H27BrClN3O3S. The van der Waals surface area contributed by atoms with Gasteiger partial charge in [0, 0.05) is 42.5 Å². The maximum Gasteiger partial charge on any atom is 0.262 e. The van der Waals surface area contributed by atoms with E-state index in [0.717, 1.165) is 43.3 Å². The number of benzene rings is 2. The first kappa shape index (κ1) is 24.8. The van der Waals surface area contributed by atoms with Crippen LogP contribution in [-0.2, 0) is 4.79 Å². The molecule has 0 atom stereocenters. The van der Waals surface area contributed by atoms with E-state index in [4.69, 9.17) is 33.3 Å². The van der Waals surface area contributed by atoms with E-state index in [1.165, 1.54) is 0 Å². The minimum Gasteiger partial charge on any atom is -0.490 e. The maximum absolute atomic E-state index is 12.3. The van der Waals surface area contributed by atoms with Crippen molar-refractivity contribution >= 4 is 56.3 Å². The predicted molar refractivity (Wildman–Crippen MR) is 136 cm³/mol. The molecule has 6 nitrogen and oxygen atoms in total. The minimum absolute atomic E-state index is 0.173. The number of anilines is 1. The van der Waals surface area contributed by atoms with Crippen LogP contribution in [0.25, 0.3) is 0 Å². The number of amides is 1. The first-order valence-electron chi connectivity index (χ1n) is 10.6. The Morgan fingerprint density at radius 3 is 2.56 bits per heavy atom. The van der Waals surface area contributed by atoms with Gasteiger partial charge in [-0.05, 0) is 59.7 Å². The van der Waals surface area contributed by atoms with Crippen molar-refractivity contribution in [2.24, 2.45) is 0 Å². The van der Waals surface area contributed by atoms with Gasteiger partial charge in [-0.1, -0.05) is 36.8 Å². The second-order valence-corrected chi connectivity index (χ2v) is 8.97. The molecule has 1 aliphatic rings. The average molecular weight is 541 g/mol. The maximum atomic E-state index is 12.3. The summed E-state index contributed by atoms with van der Waals surface area (Å²) in [5.74, 6) is 0.715. The van der Waals surface area contributed by atoms with Crippen molar-refractivity contribution in [2.75, 3.05) is 51.3 Å². The van der Waals surface area contributed by atoms with Crippen LogP contribution in [0.2, 0.25) is 5.02 Å². The Kier molecular flexibility index (Phi) is 9.16. The fourth-order valence-electron chi connectivity index (χ4n) is 3.45. The normalized spacial score (nSPS) is 14.2. The lowest BCUT2D eigenvalue weighted by atomic mass is 10.1. The number of carbonyl (C=O) groups excluding carboxylic acids is 1. The summed E-state index contributed by atoms with van der Waals surface area (Å²) in [6.07, 6.45) is 0. The summed E-state index contributed by atoms with van der Waals surface area (Å²) in [5.41, 5.74) is 1.50. The second kappa shape index (κ2) is 11.8. The zero-order chi connectivity index (χ0) is 23.1. The Morgan fingerprint density at radius 1 is 1.16 bits per heavy atom. The molecule has 1 amide bonds. The highest BCUT2D eigenvalue weighted by Crippen LogP contribution is 2.37. The SMILES string of the molecule is CCOc1cc(C(=S)N2CCN(CC)CC2)cc(Br)c1OCC(=O)Nc1cccc(Cl)c1. The van der Waals surface area contributed by atoms with Gasteiger partial charge in [-0.15, -0.1) is 0 Å². The van der Waals surface area contributed by atoms with Crippen LogP contribution in [0.3, 0.4) is 0 Å². The molecule has 172 valence electrons. The molecule has 2 aromatic rings.